The summed E-state index contributed by atoms with van der Waals surface area (Å²) in [5.74, 6) is -0.620. The van der Waals surface area contributed by atoms with Gasteiger partial charge in [-0.15, -0.1) is 0 Å². The van der Waals surface area contributed by atoms with Gasteiger partial charge >= 0.3 is 5.97 Å². The molecule has 1 N–H and O–H groups in total. The van der Waals surface area contributed by atoms with Gasteiger partial charge in [0.2, 0.25) is 0 Å². The van der Waals surface area contributed by atoms with Crippen molar-refractivity contribution < 1.29 is 14.3 Å². The highest BCUT2D eigenvalue weighted by Crippen LogP contribution is 2.40. The lowest BCUT2D eigenvalue weighted by molar-refractivity contribution is -0.143. The molecule has 1 fully saturated rings. The molecule has 0 saturated heterocycles. The molecule has 1 saturated carbocycles. The first kappa shape index (κ1) is 14.9. The van der Waals surface area contributed by atoms with E-state index in [1.54, 1.807) is 25.3 Å². The minimum Gasteiger partial charge on any atom is -0.481 e. The lowest BCUT2D eigenvalue weighted by atomic mass is 9.74. The number of hydrogen-bond acceptors (Lipinski definition) is 2. The fourth-order valence-corrected chi connectivity index (χ4v) is 3.63. The number of carboxylic acid groups (broad SMARTS) is 1. The number of halogens is 1. The summed E-state index contributed by atoms with van der Waals surface area (Å²) in [4.78, 5) is 15.4. The van der Waals surface area contributed by atoms with Crippen LogP contribution in [0.1, 0.15) is 44.1 Å². The van der Waals surface area contributed by atoms with Crippen LogP contribution < -0.4 is 0 Å². The van der Waals surface area contributed by atoms with Crippen LogP contribution in [0.2, 0.25) is 0 Å². The molecule has 0 unspecified atom stereocenters. The van der Waals surface area contributed by atoms with Crippen molar-refractivity contribution in [1.82, 2.24) is 4.98 Å². The van der Waals surface area contributed by atoms with E-state index in [2.05, 4.69) is 4.98 Å². The molecule has 1 aromatic carbocycles. The first-order chi connectivity index (χ1) is 10.6. The molecule has 3 nitrogen and oxygen atoms in total. The molecule has 0 radical (unpaired) electrons. The van der Waals surface area contributed by atoms with Crippen molar-refractivity contribution in [2.24, 2.45) is 11.8 Å². The number of fused-ring (bicyclic) bond motifs is 1. The van der Waals surface area contributed by atoms with Crippen LogP contribution in [0.3, 0.4) is 0 Å². The van der Waals surface area contributed by atoms with Crippen LogP contribution in [0.25, 0.3) is 10.9 Å². The number of carboxylic acids is 1. The maximum absolute atomic E-state index is 13.5. The van der Waals surface area contributed by atoms with Crippen molar-refractivity contribution >= 4 is 16.9 Å². The number of carbonyl (C=O) groups is 1. The summed E-state index contributed by atoms with van der Waals surface area (Å²) >= 11 is 0. The normalized spacial score (nSPS) is 23.4. The smallest absolute Gasteiger partial charge is 0.306 e. The van der Waals surface area contributed by atoms with E-state index < -0.39 is 5.97 Å². The Morgan fingerprint density at radius 2 is 2.00 bits per heavy atom. The molecule has 0 spiro atoms. The van der Waals surface area contributed by atoms with Gasteiger partial charge in [0.15, 0.2) is 0 Å². The van der Waals surface area contributed by atoms with Crippen LogP contribution in [0.15, 0.2) is 30.5 Å². The number of aliphatic carboxylic acids is 1. The first-order valence-electron chi connectivity index (χ1n) is 7.83. The van der Waals surface area contributed by atoms with E-state index in [0.29, 0.717) is 5.92 Å². The summed E-state index contributed by atoms with van der Waals surface area (Å²) in [6.07, 6.45) is 5.52. The predicted molar refractivity (Wildman–Crippen MR) is 83.2 cm³/mol. The Bertz CT molecular complexity index is 693. The maximum atomic E-state index is 13.5. The minimum atomic E-state index is -0.708. The molecular weight excluding hydrogens is 281 g/mol. The molecular formula is C18H20FNO2. The average Bonchev–Trinajstić information content (AvgIpc) is 2.53. The van der Waals surface area contributed by atoms with E-state index in [0.717, 1.165) is 42.1 Å². The first-order valence-corrected chi connectivity index (χ1v) is 7.83. The summed E-state index contributed by atoms with van der Waals surface area (Å²) < 4.78 is 13.5. The van der Waals surface area contributed by atoms with Gasteiger partial charge in [-0.05, 0) is 67.3 Å². The number of aromatic nitrogens is 1. The number of pyridine rings is 1. The quantitative estimate of drug-likeness (QED) is 0.916. The maximum Gasteiger partial charge on any atom is 0.306 e. The fraction of sp³-hybridized carbons (Fsp3) is 0.444. The van der Waals surface area contributed by atoms with Gasteiger partial charge < -0.3 is 5.11 Å². The monoisotopic (exact) mass is 301 g/mol. The van der Waals surface area contributed by atoms with Gasteiger partial charge in [-0.1, -0.05) is 6.92 Å². The Labute approximate surface area is 129 Å². The zero-order valence-corrected chi connectivity index (χ0v) is 12.6. The van der Waals surface area contributed by atoms with E-state index in [1.165, 1.54) is 6.07 Å². The van der Waals surface area contributed by atoms with Crippen LogP contribution in [0.4, 0.5) is 4.39 Å². The van der Waals surface area contributed by atoms with Crippen LogP contribution in [-0.2, 0) is 4.79 Å². The number of benzene rings is 1. The molecule has 0 amide bonds. The molecule has 1 aliphatic rings. The number of nitrogens with zero attached hydrogens (tertiary/aromatic N) is 1. The molecule has 2 aromatic rings. The van der Waals surface area contributed by atoms with Crippen LogP contribution in [0, 0.1) is 17.7 Å². The SMILES string of the molecule is C[C@H](C(=O)O)[C@H]1CC[C@H](c2ccnc3ccc(F)cc32)CC1. The highest BCUT2D eigenvalue weighted by atomic mass is 19.1. The van der Waals surface area contributed by atoms with Gasteiger partial charge in [0, 0.05) is 11.6 Å². The zero-order valence-electron chi connectivity index (χ0n) is 12.6. The summed E-state index contributed by atoms with van der Waals surface area (Å²) in [6.45, 7) is 1.80. The van der Waals surface area contributed by atoms with E-state index in [-0.39, 0.29) is 17.7 Å². The average molecular weight is 301 g/mol. The van der Waals surface area contributed by atoms with Gasteiger partial charge in [0.05, 0.1) is 11.4 Å². The molecule has 116 valence electrons. The lowest BCUT2D eigenvalue weighted by Gasteiger charge is -2.31. The summed E-state index contributed by atoms with van der Waals surface area (Å²) in [7, 11) is 0. The van der Waals surface area contributed by atoms with Crippen LogP contribution in [0.5, 0.6) is 0 Å². The molecule has 0 bridgehead atoms. The van der Waals surface area contributed by atoms with Gasteiger partial charge in [0.1, 0.15) is 5.82 Å². The van der Waals surface area contributed by atoms with Crippen molar-refractivity contribution in [2.45, 2.75) is 38.5 Å². The molecule has 1 heterocycles. The van der Waals surface area contributed by atoms with Gasteiger partial charge in [-0.3, -0.25) is 9.78 Å². The van der Waals surface area contributed by atoms with E-state index >= 15 is 0 Å². The van der Waals surface area contributed by atoms with Gasteiger partial charge in [-0.25, -0.2) is 4.39 Å². The topological polar surface area (TPSA) is 50.2 Å². The Hall–Kier alpha value is -1.97. The molecule has 1 aromatic heterocycles. The molecule has 22 heavy (non-hydrogen) atoms. The van der Waals surface area contributed by atoms with E-state index in [4.69, 9.17) is 5.11 Å². The third kappa shape index (κ3) is 2.82. The number of hydrogen-bond donors (Lipinski definition) is 1. The second-order valence-corrected chi connectivity index (χ2v) is 6.30. The Morgan fingerprint density at radius 1 is 1.27 bits per heavy atom. The Balaban J connectivity index is 1.82. The minimum absolute atomic E-state index is 0.241. The summed E-state index contributed by atoms with van der Waals surface area (Å²) in [5.41, 5.74) is 1.96. The van der Waals surface area contributed by atoms with Crippen molar-refractivity contribution in [3.05, 3.63) is 41.8 Å². The summed E-state index contributed by atoms with van der Waals surface area (Å²) in [5, 5.41) is 10.0. The Morgan fingerprint density at radius 3 is 2.68 bits per heavy atom. The molecule has 3 rings (SSSR count). The van der Waals surface area contributed by atoms with Crippen molar-refractivity contribution in [1.29, 1.82) is 0 Å². The van der Waals surface area contributed by atoms with Crippen molar-refractivity contribution in [3.63, 3.8) is 0 Å². The second kappa shape index (κ2) is 6.03. The zero-order chi connectivity index (χ0) is 15.7. The van der Waals surface area contributed by atoms with Crippen molar-refractivity contribution in [3.8, 4) is 0 Å². The predicted octanol–water partition coefficient (Wildman–Crippen LogP) is 4.37. The highest BCUT2D eigenvalue weighted by molar-refractivity contribution is 5.82. The summed E-state index contributed by atoms with van der Waals surface area (Å²) in [6, 6.07) is 6.69. The largest absolute Gasteiger partial charge is 0.481 e. The highest BCUT2D eigenvalue weighted by Gasteiger charge is 2.30. The van der Waals surface area contributed by atoms with Gasteiger partial charge in [-0.2, -0.15) is 0 Å². The van der Waals surface area contributed by atoms with E-state index in [9.17, 15) is 9.18 Å². The molecule has 1 atom stereocenters. The standard InChI is InChI=1S/C18H20FNO2/c1-11(18(21)22)12-2-4-13(5-3-12)15-8-9-20-17-7-6-14(19)10-16(15)17/h6-13H,2-5H2,1H3,(H,21,22)/t11-,12-,13-/m0/s1. The number of rotatable bonds is 3. The molecule has 0 aliphatic heterocycles. The molecule has 4 heteroatoms. The lowest BCUT2D eigenvalue weighted by Crippen LogP contribution is -2.25. The van der Waals surface area contributed by atoms with E-state index in [1.807, 2.05) is 6.07 Å². The fourth-order valence-electron chi connectivity index (χ4n) is 3.63. The van der Waals surface area contributed by atoms with Crippen LogP contribution in [-0.4, -0.2) is 16.1 Å². The third-order valence-corrected chi connectivity index (χ3v) is 5.05. The van der Waals surface area contributed by atoms with Crippen molar-refractivity contribution in [2.75, 3.05) is 0 Å². The van der Waals surface area contributed by atoms with Gasteiger partial charge in [0.25, 0.3) is 0 Å². The molecule has 1 aliphatic carbocycles. The Kier molecular flexibility index (Phi) is 4.10. The van der Waals surface area contributed by atoms with Crippen LogP contribution >= 0.6 is 0 Å². The second-order valence-electron chi connectivity index (χ2n) is 6.30. The third-order valence-electron chi connectivity index (χ3n) is 5.05.